The monoisotopic (exact) mass is 723 g/mol. The number of fused-ring (bicyclic) bond motifs is 4. The summed E-state index contributed by atoms with van der Waals surface area (Å²) in [5.74, 6) is -4.32. The van der Waals surface area contributed by atoms with Gasteiger partial charge < -0.3 is 15.2 Å². The Balaban J connectivity index is 1.31. The molecule has 2 aliphatic heterocycles. The number of nitrogens with zero attached hydrogens (tertiary/aromatic N) is 3. The van der Waals surface area contributed by atoms with Gasteiger partial charge in [0.1, 0.15) is 11.6 Å². The Labute approximate surface area is 291 Å². The van der Waals surface area contributed by atoms with Crippen LogP contribution in [0, 0.1) is 17.6 Å². The van der Waals surface area contributed by atoms with Crippen LogP contribution in [-0.4, -0.2) is 76.9 Å². The van der Waals surface area contributed by atoms with Gasteiger partial charge in [-0.25, -0.2) is 27.0 Å². The van der Waals surface area contributed by atoms with Crippen molar-refractivity contribution < 1.29 is 46.2 Å². The molecule has 0 spiro atoms. The summed E-state index contributed by atoms with van der Waals surface area (Å²) in [6, 6.07) is 5.42. The third kappa shape index (κ3) is 7.41. The Morgan fingerprint density at radius 1 is 0.941 bits per heavy atom. The van der Waals surface area contributed by atoms with Gasteiger partial charge in [0, 0.05) is 48.4 Å². The Bertz CT molecular complexity index is 2140. The number of hydrogen-bond acceptors (Lipinski definition) is 9. The highest BCUT2D eigenvalue weighted by atomic mass is 32.2. The van der Waals surface area contributed by atoms with E-state index in [0.717, 1.165) is 11.3 Å². The van der Waals surface area contributed by atoms with Crippen LogP contribution in [0.15, 0.2) is 52.7 Å². The molecule has 3 aromatic rings. The first-order valence-corrected chi connectivity index (χ1v) is 18.4. The van der Waals surface area contributed by atoms with Gasteiger partial charge in [0.2, 0.25) is 27.7 Å². The Morgan fingerprint density at radius 3 is 2.43 bits per heavy atom. The van der Waals surface area contributed by atoms with Gasteiger partial charge in [-0.05, 0) is 79.5 Å². The van der Waals surface area contributed by atoms with Gasteiger partial charge in [-0.1, -0.05) is 6.42 Å². The highest BCUT2D eigenvalue weighted by molar-refractivity contribution is 7.90. The minimum atomic E-state index is -3.95. The zero-order chi connectivity index (χ0) is 36.0. The molecule has 0 unspecified atom stereocenters. The molecule has 1 saturated heterocycles. The van der Waals surface area contributed by atoms with E-state index in [0.29, 0.717) is 43.9 Å². The molecule has 3 heterocycles. The van der Waals surface area contributed by atoms with Gasteiger partial charge in [-0.3, -0.25) is 29.0 Å². The quantitative estimate of drug-likeness (QED) is 0.309. The number of pyridine rings is 1. The highest BCUT2D eigenvalue weighted by Crippen LogP contribution is 2.39. The molecule has 1 saturated carbocycles. The molecule has 51 heavy (non-hydrogen) atoms. The van der Waals surface area contributed by atoms with E-state index < -0.39 is 74.8 Å². The van der Waals surface area contributed by atoms with E-state index in [1.54, 1.807) is 0 Å². The van der Waals surface area contributed by atoms with Gasteiger partial charge in [0.15, 0.2) is 12.0 Å². The molecule has 0 radical (unpaired) electrons. The molecule has 4 aliphatic rings. The number of allylic oxidation sites excluding steroid dienone is 2. The first-order chi connectivity index (χ1) is 24.4. The lowest BCUT2D eigenvalue weighted by Crippen LogP contribution is -2.50. The summed E-state index contributed by atoms with van der Waals surface area (Å²) >= 11 is 0. The van der Waals surface area contributed by atoms with Crippen molar-refractivity contribution in [3.8, 4) is 5.88 Å². The number of nitrogens with one attached hydrogen (secondary N) is 2. The summed E-state index contributed by atoms with van der Waals surface area (Å²) in [7, 11) is -3.95. The van der Waals surface area contributed by atoms with Crippen molar-refractivity contribution in [2.24, 2.45) is 10.9 Å². The van der Waals surface area contributed by atoms with Gasteiger partial charge in [-0.2, -0.15) is 0 Å². The van der Waals surface area contributed by atoms with E-state index in [1.807, 2.05) is 0 Å². The molecule has 2 aliphatic carbocycles. The number of carboxylic acid groups (broad SMARTS) is 1. The normalized spacial score (nSPS) is 25.1. The molecule has 7 rings (SSSR count). The molecule has 16 heteroatoms. The van der Waals surface area contributed by atoms with Crippen molar-refractivity contribution in [3.05, 3.63) is 59.3 Å². The van der Waals surface area contributed by atoms with Crippen molar-refractivity contribution in [1.82, 2.24) is 19.9 Å². The molecule has 2 aromatic carbocycles. The lowest BCUT2D eigenvalue weighted by atomic mass is 9.99. The van der Waals surface area contributed by atoms with Crippen molar-refractivity contribution in [2.75, 3.05) is 0 Å². The number of sulfonamides is 1. The van der Waals surface area contributed by atoms with Crippen LogP contribution < -0.4 is 14.8 Å². The first kappa shape index (κ1) is 34.5. The third-order valence-electron chi connectivity index (χ3n) is 9.79. The minimum absolute atomic E-state index is 0.0698. The average molecular weight is 724 g/mol. The lowest BCUT2D eigenvalue weighted by Gasteiger charge is -2.33. The minimum Gasteiger partial charge on any atom is -0.465 e. The second kappa shape index (κ2) is 13.6. The molecule has 268 valence electrons. The summed E-state index contributed by atoms with van der Waals surface area (Å²) in [5.41, 5.74) is 2.07. The number of ether oxygens (including phenoxy) is 1. The standard InChI is InChI=1S/C35H35F2N5O8S/c36-19-5-9-22-23(14-19)24-15-20(37)6-10-26(24)39-34(22)50-32-12-11-30(43)27(40-35(46)47)4-2-1-3-18-13-28(18)38-17-29-25(16-31(44)42(29)32)33(45)41-51(48,49)21-7-8-21/h5-6,9-10,14-15,17,21,25,27,29,32,40H,1-4,7-8,11-13,16H2,(H,41,45)(H,46,47)/b38-17-/t25-,27+,29-,32-/m1/s1. The number of Topliss-reactive ketones (excluding diaryl/α,β-unsaturated/α-hetero) is 1. The Hall–Kier alpha value is -4.99. The molecule has 3 N–H and O–H groups in total. The smallest absolute Gasteiger partial charge is 0.405 e. The predicted molar refractivity (Wildman–Crippen MR) is 180 cm³/mol. The average Bonchev–Trinajstić information content (AvgIpc) is 4.01. The number of carbonyl (C=O) groups is 4. The molecular weight excluding hydrogens is 688 g/mol. The fraction of sp³-hybridized carbons (Fsp3) is 0.429. The number of aromatic nitrogens is 1. The number of halogens is 2. The Kier molecular flexibility index (Phi) is 9.20. The zero-order valence-electron chi connectivity index (χ0n) is 27.3. The van der Waals surface area contributed by atoms with E-state index in [1.165, 1.54) is 47.5 Å². The second-order valence-electron chi connectivity index (χ2n) is 13.4. The van der Waals surface area contributed by atoms with E-state index in [-0.39, 0.29) is 47.9 Å². The molecular formula is C35H35F2N5O8S. The SMILES string of the molecule is O=C(O)N[C@H]1CCCCC2=C(C2)/N=C\[C@@H]2[C@H](C(=O)NS(=O)(=O)C3CC3)CC(=O)N2[C@H](Oc2nc3ccc(F)cc3c3cc(F)ccc23)CCC1=O. The van der Waals surface area contributed by atoms with Crippen LogP contribution in [0.25, 0.3) is 21.7 Å². The van der Waals surface area contributed by atoms with Crippen molar-refractivity contribution in [1.29, 1.82) is 0 Å². The molecule has 3 amide bonds. The number of carbonyl (C=O) groups excluding carboxylic acids is 3. The topological polar surface area (TPSA) is 184 Å². The van der Waals surface area contributed by atoms with Crippen LogP contribution in [0.4, 0.5) is 13.6 Å². The maximum atomic E-state index is 14.5. The van der Waals surface area contributed by atoms with Crippen LogP contribution in [0.5, 0.6) is 5.88 Å². The number of aliphatic imine (C=N–C) groups is 1. The number of amides is 3. The van der Waals surface area contributed by atoms with Crippen LogP contribution in [-0.2, 0) is 24.4 Å². The summed E-state index contributed by atoms with van der Waals surface area (Å²) in [6.45, 7) is 0. The van der Waals surface area contributed by atoms with Gasteiger partial charge in [0.05, 0.1) is 28.8 Å². The van der Waals surface area contributed by atoms with E-state index in [4.69, 9.17) is 4.74 Å². The van der Waals surface area contributed by atoms with E-state index in [9.17, 15) is 41.5 Å². The predicted octanol–water partition coefficient (Wildman–Crippen LogP) is 4.48. The summed E-state index contributed by atoms with van der Waals surface area (Å²) in [5, 5.41) is 11.9. The summed E-state index contributed by atoms with van der Waals surface area (Å²) in [4.78, 5) is 63.1. The van der Waals surface area contributed by atoms with Crippen LogP contribution in [0.3, 0.4) is 0 Å². The van der Waals surface area contributed by atoms with Gasteiger partial charge in [-0.15, -0.1) is 0 Å². The number of ketones is 1. The second-order valence-corrected chi connectivity index (χ2v) is 15.4. The van der Waals surface area contributed by atoms with Gasteiger partial charge >= 0.3 is 6.09 Å². The van der Waals surface area contributed by atoms with Crippen LogP contribution >= 0.6 is 0 Å². The third-order valence-corrected chi connectivity index (χ3v) is 11.6. The van der Waals surface area contributed by atoms with Gasteiger partial charge in [0.25, 0.3) is 0 Å². The fourth-order valence-electron chi connectivity index (χ4n) is 6.90. The summed E-state index contributed by atoms with van der Waals surface area (Å²) < 4.78 is 62.9. The maximum Gasteiger partial charge on any atom is 0.405 e. The highest BCUT2D eigenvalue weighted by Gasteiger charge is 2.49. The van der Waals surface area contributed by atoms with Crippen molar-refractivity contribution in [2.45, 2.75) is 87.8 Å². The molecule has 2 fully saturated rings. The van der Waals surface area contributed by atoms with E-state index in [2.05, 4.69) is 20.0 Å². The van der Waals surface area contributed by atoms with E-state index >= 15 is 0 Å². The zero-order valence-corrected chi connectivity index (χ0v) is 28.1. The fourth-order valence-corrected chi connectivity index (χ4v) is 8.26. The number of rotatable bonds is 6. The van der Waals surface area contributed by atoms with Crippen molar-refractivity contribution in [3.63, 3.8) is 0 Å². The molecule has 13 nitrogen and oxygen atoms in total. The molecule has 0 bridgehead atoms. The summed E-state index contributed by atoms with van der Waals surface area (Å²) in [6.07, 6.45) is 1.58. The Morgan fingerprint density at radius 2 is 1.69 bits per heavy atom. The number of benzene rings is 2. The van der Waals surface area contributed by atoms with Crippen LogP contribution in [0.2, 0.25) is 0 Å². The number of hydrogen-bond donors (Lipinski definition) is 3. The maximum absolute atomic E-state index is 14.5. The lowest BCUT2D eigenvalue weighted by molar-refractivity contribution is -0.137. The molecule has 4 atom stereocenters. The molecule has 1 aromatic heterocycles. The van der Waals surface area contributed by atoms with Crippen LogP contribution in [0.1, 0.15) is 64.2 Å². The first-order valence-electron chi connectivity index (χ1n) is 16.9. The van der Waals surface area contributed by atoms with Crippen molar-refractivity contribution >= 4 is 61.6 Å². The largest absolute Gasteiger partial charge is 0.465 e.